The highest BCUT2D eigenvalue weighted by atomic mass is 33.1. The van der Waals surface area contributed by atoms with Gasteiger partial charge < -0.3 is 25.2 Å². The molecule has 1 aliphatic heterocycles. The monoisotopic (exact) mass is 1170 g/mol. The standard InChI is InChI=1S/C68H138N4O6S2/c1-5-9-13-17-21-25-27-31-35-39-44-64(73)60-71(61-65(74)45-40-36-32-28-26-22-18-14-10-6-2)49-42-41-48-68(77)78-57-55-69-51-53-70(54-52-69)56-59-80-79-58-43-50-72(62-66(75)46-37-33-29-23-19-15-11-7-3)63-67(76)47-38-34-30-24-20-16-12-8-4/h64-67,73-76H,5-63H2,1-4H3. The SMILES string of the molecule is CCCCCCCCCCCCC(O)CN(CCCCC(=O)OCCN1CCN(CCSSCCCN(CC(O)CCCCCCCCCC)CC(O)CCCCCCCCCC)CC1)CC(O)CCCCCCCCCCCC. The molecule has 0 spiro atoms. The molecule has 10 nitrogen and oxygen atoms in total. The summed E-state index contributed by atoms with van der Waals surface area (Å²) in [6.45, 7) is 19.8. The first kappa shape index (κ1) is 77.9. The Hall–Kier alpha value is -0.150. The van der Waals surface area contributed by atoms with E-state index in [-0.39, 0.29) is 30.4 Å². The Balaban J connectivity index is 2.36. The van der Waals surface area contributed by atoms with Gasteiger partial charge in [-0.3, -0.25) is 24.4 Å². The molecule has 0 aliphatic carbocycles. The third-order valence-electron chi connectivity index (χ3n) is 17.0. The summed E-state index contributed by atoms with van der Waals surface area (Å²) in [6.07, 6.45) is 51.5. The van der Waals surface area contributed by atoms with Crippen LogP contribution in [-0.4, -0.2) is 167 Å². The van der Waals surface area contributed by atoms with Crippen LogP contribution < -0.4 is 0 Å². The van der Waals surface area contributed by atoms with Gasteiger partial charge in [-0.15, -0.1) is 0 Å². The van der Waals surface area contributed by atoms with Gasteiger partial charge in [0, 0.05) is 83.4 Å². The quantitative estimate of drug-likeness (QED) is 0.0264. The molecule has 1 heterocycles. The van der Waals surface area contributed by atoms with E-state index in [0.29, 0.717) is 39.2 Å². The number of hydrogen-bond acceptors (Lipinski definition) is 12. The van der Waals surface area contributed by atoms with Crippen molar-refractivity contribution in [2.24, 2.45) is 0 Å². The number of carbonyl (C=O) groups excluding carboxylic acids is 1. The Bertz CT molecular complexity index is 1190. The normalized spacial score (nSPS) is 15.1. The fourth-order valence-electron chi connectivity index (χ4n) is 11.7. The summed E-state index contributed by atoms with van der Waals surface area (Å²) in [7, 11) is 3.95. The Morgan fingerprint density at radius 3 is 1.00 bits per heavy atom. The maximum absolute atomic E-state index is 12.8. The second-order valence-electron chi connectivity index (χ2n) is 25.0. The number of carbonyl (C=O) groups is 1. The van der Waals surface area contributed by atoms with E-state index in [1.165, 1.54) is 205 Å². The van der Waals surface area contributed by atoms with E-state index in [4.69, 9.17) is 4.74 Å². The zero-order chi connectivity index (χ0) is 58.0. The average molecular weight is 1170 g/mol. The number of piperazine rings is 1. The van der Waals surface area contributed by atoms with Gasteiger partial charge >= 0.3 is 5.97 Å². The highest BCUT2D eigenvalue weighted by molar-refractivity contribution is 8.76. The van der Waals surface area contributed by atoms with Crippen molar-refractivity contribution < 1.29 is 30.0 Å². The lowest BCUT2D eigenvalue weighted by atomic mass is 10.0. The van der Waals surface area contributed by atoms with Gasteiger partial charge in [0.1, 0.15) is 6.61 Å². The molecule has 12 heteroatoms. The van der Waals surface area contributed by atoms with Crippen LogP contribution >= 0.6 is 21.6 Å². The smallest absolute Gasteiger partial charge is 0.305 e. The first-order chi connectivity index (χ1) is 39.2. The van der Waals surface area contributed by atoms with Crippen molar-refractivity contribution in [3.05, 3.63) is 0 Å². The van der Waals surface area contributed by atoms with Gasteiger partial charge in [-0.2, -0.15) is 0 Å². The van der Waals surface area contributed by atoms with Gasteiger partial charge in [-0.1, -0.05) is 280 Å². The Morgan fingerprint density at radius 2 is 0.662 bits per heavy atom. The first-order valence-corrected chi connectivity index (χ1v) is 37.7. The van der Waals surface area contributed by atoms with Gasteiger partial charge in [-0.05, 0) is 58.0 Å². The molecule has 0 amide bonds. The molecule has 478 valence electrons. The zero-order valence-electron chi connectivity index (χ0n) is 53.7. The predicted molar refractivity (Wildman–Crippen MR) is 352 cm³/mol. The number of ether oxygens (including phenoxy) is 1. The molecule has 0 saturated carbocycles. The van der Waals surface area contributed by atoms with Crippen LogP contribution in [0.5, 0.6) is 0 Å². The van der Waals surface area contributed by atoms with Crippen molar-refractivity contribution in [3.63, 3.8) is 0 Å². The molecule has 0 radical (unpaired) electrons. The molecule has 1 rings (SSSR count). The van der Waals surface area contributed by atoms with Gasteiger partial charge in [0.25, 0.3) is 0 Å². The number of aliphatic hydroxyl groups excluding tert-OH is 4. The van der Waals surface area contributed by atoms with Crippen molar-refractivity contribution in [1.82, 2.24) is 19.6 Å². The van der Waals surface area contributed by atoms with Gasteiger partial charge in [0.2, 0.25) is 0 Å². The van der Waals surface area contributed by atoms with Crippen molar-refractivity contribution >= 4 is 27.6 Å². The van der Waals surface area contributed by atoms with E-state index in [2.05, 4.69) is 47.3 Å². The summed E-state index contributed by atoms with van der Waals surface area (Å²) in [5.41, 5.74) is 0. The molecule has 4 N–H and O–H groups in total. The zero-order valence-corrected chi connectivity index (χ0v) is 55.4. The second kappa shape index (κ2) is 60.5. The minimum absolute atomic E-state index is 0.113. The topological polar surface area (TPSA) is 120 Å². The van der Waals surface area contributed by atoms with Crippen molar-refractivity contribution in [1.29, 1.82) is 0 Å². The Labute approximate surface area is 505 Å². The molecule has 0 aromatic carbocycles. The minimum atomic E-state index is -0.376. The molecule has 1 fully saturated rings. The summed E-state index contributed by atoms with van der Waals surface area (Å²) in [5, 5.41) is 44.2. The third kappa shape index (κ3) is 53.3. The Morgan fingerprint density at radius 1 is 0.375 bits per heavy atom. The lowest BCUT2D eigenvalue weighted by Gasteiger charge is -2.34. The lowest BCUT2D eigenvalue weighted by Crippen LogP contribution is -2.47. The third-order valence-corrected chi connectivity index (χ3v) is 19.4. The molecule has 1 saturated heterocycles. The first-order valence-electron chi connectivity index (χ1n) is 35.2. The Kier molecular flexibility index (Phi) is 58.9. The summed E-state index contributed by atoms with van der Waals surface area (Å²) >= 11 is 0. The highest BCUT2D eigenvalue weighted by Crippen LogP contribution is 2.23. The number of nitrogens with zero attached hydrogens (tertiary/aromatic N) is 4. The number of rotatable bonds is 64. The molecule has 0 bridgehead atoms. The van der Waals surface area contributed by atoms with Crippen LogP contribution in [0.15, 0.2) is 0 Å². The summed E-state index contributed by atoms with van der Waals surface area (Å²) < 4.78 is 5.72. The minimum Gasteiger partial charge on any atom is -0.464 e. The van der Waals surface area contributed by atoms with Gasteiger partial charge in [0.15, 0.2) is 0 Å². The number of esters is 1. The molecular weight excluding hydrogens is 1030 g/mol. The molecule has 80 heavy (non-hydrogen) atoms. The van der Waals surface area contributed by atoms with Crippen LogP contribution in [0.1, 0.15) is 310 Å². The number of hydrogen-bond donors (Lipinski definition) is 4. The van der Waals surface area contributed by atoms with Crippen LogP contribution in [0.3, 0.4) is 0 Å². The van der Waals surface area contributed by atoms with Crippen LogP contribution in [0.25, 0.3) is 0 Å². The number of unbranched alkanes of at least 4 members (excludes halogenated alkanes) is 33. The van der Waals surface area contributed by atoms with Crippen LogP contribution in [0.2, 0.25) is 0 Å². The van der Waals surface area contributed by atoms with Crippen LogP contribution in [-0.2, 0) is 9.53 Å². The van der Waals surface area contributed by atoms with Crippen LogP contribution in [0.4, 0.5) is 0 Å². The van der Waals surface area contributed by atoms with Crippen LogP contribution in [0, 0.1) is 0 Å². The maximum atomic E-state index is 12.8. The summed E-state index contributed by atoms with van der Waals surface area (Å²) in [5.74, 6) is 2.08. The lowest BCUT2D eigenvalue weighted by molar-refractivity contribution is -0.144. The van der Waals surface area contributed by atoms with Gasteiger partial charge in [0.05, 0.1) is 24.4 Å². The molecule has 0 aromatic rings. The predicted octanol–water partition coefficient (Wildman–Crippen LogP) is 16.8. The van der Waals surface area contributed by atoms with E-state index < -0.39 is 0 Å². The number of aliphatic hydroxyl groups is 4. The van der Waals surface area contributed by atoms with E-state index in [1.807, 2.05) is 21.6 Å². The fourth-order valence-corrected chi connectivity index (χ4v) is 13.8. The van der Waals surface area contributed by atoms with E-state index in [1.54, 1.807) is 0 Å². The fraction of sp³-hybridized carbons (Fsp3) is 0.985. The summed E-state index contributed by atoms with van der Waals surface area (Å²) in [6, 6.07) is 0. The molecular formula is C68H138N4O6S2. The second-order valence-corrected chi connectivity index (χ2v) is 27.7. The highest BCUT2D eigenvalue weighted by Gasteiger charge is 2.20. The van der Waals surface area contributed by atoms with E-state index >= 15 is 0 Å². The van der Waals surface area contributed by atoms with Crippen molar-refractivity contribution in [3.8, 4) is 0 Å². The van der Waals surface area contributed by atoms with E-state index in [9.17, 15) is 25.2 Å². The molecule has 0 aromatic heterocycles. The maximum Gasteiger partial charge on any atom is 0.305 e. The summed E-state index contributed by atoms with van der Waals surface area (Å²) in [4.78, 5) is 22.4. The molecule has 4 unspecified atom stereocenters. The molecule has 1 aliphatic rings. The average Bonchev–Trinajstić information content (AvgIpc) is 3.44. The largest absolute Gasteiger partial charge is 0.464 e. The van der Waals surface area contributed by atoms with Gasteiger partial charge in [-0.25, -0.2) is 0 Å². The van der Waals surface area contributed by atoms with Crippen molar-refractivity contribution in [2.75, 3.05) is 96.6 Å². The molecule has 4 atom stereocenters. The van der Waals surface area contributed by atoms with Crippen molar-refractivity contribution in [2.45, 2.75) is 335 Å². The van der Waals surface area contributed by atoms with E-state index in [0.717, 1.165) is 134 Å².